The van der Waals surface area contributed by atoms with Crippen LogP contribution in [-0.2, 0) is 7.05 Å². The summed E-state index contributed by atoms with van der Waals surface area (Å²) < 4.78 is 7.80. The molecule has 1 aromatic heterocycles. The molecule has 3 nitrogen and oxygen atoms in total. The fraction of sp³-hybridized carbons (Fsp3) is 0.120. The molecule has 4 aromatic carbocycles. The zero-order valence-corrected chi connectivity index (χ0v) is 16.2. The van der Waals surface area contributed by atoms with Crippen molar-refractivity contribution in [2.24, 2.45) is 7.05 Å². The first-order valence-electron chi connectivity index (χ1n) is 9.41. The molecule has 0 aliphatic heterocycles. The van der Waals surface area contributed by atoms with Crippen LogP contribution >= 0.6 is 0 Å². The smallest absolute Gasteiger partial charge is 0.331 e. The lowest BCUT2D eigenvalue weighted by Crippen LogP contribution is -2.32. The summed E-state index contributed by atoms with van der Waals surface area (Å²) in [6.45, 7) is 2.16. The summed E-state index contributed by atoms with van der Waals surface area (Å²) in [4.78, 5) is 5.05. The summed E-state index contributed by atoms with van der Waals surface area (Å²) in [6, 6.07) is 23.2. The van der Waals surface area contributed by atoms with Gasteiger partial charge in [0.05, 0.1) is 25.1 Å². The Bertz CT molecular complexity index is 1370. The number of aryl methyl sites for hydroxylation is 2. The summed E-state index contributed by atoms with van der Waals surface area (Å²) in [6.07, 6.45) is 2.16. The van der Waals surface area contributed by atoms with Gasteiger partial charge < -0.3 is 4.74 Å². The van der Waals surface area contributed by atoms with Gasteiger partial charge in [-0.1, -0.05) is 48.5 Å². The van der Waals surface area contributed by atoms with Crippen molar-refractivity contribution in [3.8, 4) is 17.1 Å². The molecule has 0 spiro atoms. The summed E-state index contributed by atoms with van der Waals surface area (Å²) >= 11 is 0. The van der Waals surface area contributed by atoms with Crippen LogP contribution in [-0.4, -0.2) is 12.1 Å². The predicted molar refractivity (Wildman–Crippen MR) is 115 cm³/mol. The number of benzene rings is 4. The van der Waals surface area contributed by atoms with E-state index < -0.39 is 0 Å². The van der Waals surface area contributed by atoms with Gasteiger partial charge in [-0.05, 0) is 51.8 Å². The molecule has 28 heavy (non-hydrogen) atoms. The van der Waals surface area contributed by atoms with E-state index in [4.69, 9.17) is 9.72 Å². The maximum Gasteiger partial charge on any atom is 0.331 e. The third-order valence-electron chi connectivity index (χ3n) is 5.52. The van der Waals surface area contributed by atoms with Crippen LogP contribution in [0.25, 0.3) is 43.8 Å². The van der Waals surface area contributed by atoms with E-state index in [0.29, 0.717) is 0 Å². The van der Waals surface area contributed by atoms with Crippen molar-refractivity contribution >= 4 is 32.4 Å². The highest BCUT2D eigenvalue weighted by molar-refractivity contribution is 5.98. The summed E-state index contributed by atoms with van der Waals surface area (Å²) in [7, 11) is 3.78. The van der Waals surface area contributed by atoms with Gasteiger partial charge in [-0.2, -0.15) is 0 Å². The van der Waals surface area contributed by atoms with Crippen LogP contribution < -0.4 is 9.30 Å². The maximum absolute atomic E-state index is 5.69. The van der Waals surface area contributed by atoms with E-state index in [9.17, 15) is 0 Å². The number of fused-ring (bicyclic) bond motifs is 3. The van der Waals surface area contributed by atoms with Gasteiger partial charge in [0.2, 0.25) is 0 Å². The first-order valence-corrected chi connectivity index (χ1v) is 9.41. The molecule has 5 aromatic rings. The largest absolute Gasteiger partial charge is 0.496 e. The Labute approximate surface area is 163 Å². The van der Waals surface area contributed by atoms with Crippen LogP contribution in [0.1, 0.15) is 5.56 Å². The van der Waals surface area contributed by atoms with Gasteiger partial charge in [0.25, 0.3) is 0 Å². The zero-order chi connectivity index (χ0) is 19.3. The molecule has 136 valence electrons. The van der Waals surface area contributed by atoms with Crippen molar-refractivity contribution in [3.63, 3.8) is 0 Å². The second kappa shape index (κ2) is 6.31. The van der Waals surface area contributed by atoms with E-state index in [1.165, 1.54) is 21.7 Å². The molecule has 0 N–H and O–H groups in total. The summed E-state index contributed by atoms with van der Waals surface area (Å²) in [5.74, 6) is 1.81. The molecule has 0 saturated heterocycles. The Morgan fingerprint density at radius 3 is 2.25 bits per heavy atom. The Hall–Kier alpha value is -3.46. The van der Waals surface area contributed by atoms with Gasteiger partial charge in [0, 0.05) is 5.39 Å². The lowest BCUT2D eigenvalue weighted by molar-refractivity contribution is -0.661. The maximum atomic E-state index is 5.69. The standard InChI is InChI=1S/C25H21N2O/c1-16-20-10-6-7-11-21(20)24(28-3)14-22(16)25-26-23-13-18-9-5-4-8-17(18)12-19(23)15-27(25)2/h4-15H,1-3H3/q+1. The van der Waals surface area contributed by atoms with Crippen LogP contribution in [0.4, 0.5) is 0 Å². The summed E-state index contributed by atoms with van der Waals surface area (Å²) in [5.41, 5.74) is 3.30. The number of hydrogen-bond acceptors (Lipinski definition) is 2. The fourth-order valence-electron chi connectivity index (χ4n) is 4.05. The van der Waals surface area contributed by atoms with E-state index in [1.807, 2.05) is 6.07 Å². The van der Waals surface area contributed by atoms with Crippen LogP contribution in [0.2, 0.25) is 0 Å². The van der Waals surface area contributed by atoms with Crippen molar-refractivity contribution in [2.45, 2.75) is 6.92 Å². The molecule has 0 atom stereocenters. The average Bonchev–Trinajstić information content (AvgIpc) is 2.73. The molecule has 5 rings (SSSR count). The molecule has 0 saturated carbocycles. The number of nitrogens with zero attached hydrogens (tertiary/aromatic N) is 2. The highest BCUT2D eigenvalue weighted by Gasteiger charge is 2.21. The third kappa shape index (κ3) is 2.51. The van der Waals surface area contributed by atoms with E-state index in [2.05, 4.69) is 85.4 Å². The number of ether oxygens (including phenoxy) is 1. The van der Waals surface area contributed by atoms with Gasteiger partial charge in [-0.15, -0.1) is 0 Å². The highest BCUT2D eigenvalue weighted by Crippen LogP contribution is 2.35. The Kier molecular flexibility index (Phi) is 3.76. The molecule has 0 unspecified atom stereocenters. The number of hydrogen-bond donors (Lipinski definition) is 0. The van der Waals surface area contributed by atoms with Crippen molar-refractivity contribution in [2.75, 3.05) is 7.11 Å². The topological polar surface area (TPSA) is 26.0 Å². The molecule has 0 amide bonds. The quantitative estimate of drug-likeness (QED) is 0.311. The van der Waals surface area contributed by atoms with Crippen LogP contribution in [0.15, 0.2) is 72.9 Å². The second-order valence-electron chi connectivity index (χ2n) is 7.23. The second-order valence-corrected chi connectivity index (χ2v) is 7.23. The molecule has 0 fully saturated rings. The number of methoxy groups -OCH3 is 1. The number of aromatic nitrogens is 2. The van der Waals surface area contributed by atoms with E-state index in [0.717, 1.165) is 33.4 Å². The normalized spacial score (nSPS) is 11.4. The molecule has 3 heteroatoms. The van der Waals surface area contributed by atoms with Crippen LogP contribution in [0, 0.1) is 6.92 Å². The Balaban J connectivity index is 1.82. The lowest BCUT2D eigenvalue weighted by atomic mass is 9.98. The van der Waals surface area contributed by atoms with Gasteiger partial charge in [0.1, 0.15) is 11.9 Å². The molecule has 0 radical (unpaired) electrons. The van der Waals surface area contributed by atoms with Crippen molar-refractivity contribution in [1.82, 2.24) is 4.98 Å². The Morgan fingerprint density at radius 2 is 1.50 bits per heavy atom. The minimum atomic E-state index is 0.872. The highest BCUT2D eigenvalue weighted by atomic mass is 16.5. The molecular weight excluding hydrogens is 344 g/mol. The molecule has 0 aliphatic rings. The van der Waals surface area contributed by atoms with Crippen molar-refractivity contribution < 1.29 is 9.30 Å². The number of rotatable bonds is 2. The molecular formula is C25H21N2O+. The van der Waals surface area contributed by atoms with Gasteiger partial charge in [-0.25, -0.2) is 4.57 Å². The summed E-state index contributed by atoms with van der Waals surface area (Å²) in [5, 5.41) is 5.89. The van der Waals surface area contributed by atoms with Crippen molar-refractivity contribution in [3.05, 3.63) is 78.5 Å². The van der Waals surface area contributed by atoms with E-state index >= 15 is 0 Å². The third-order valence-corrected chi connectivity index (χ3v) is 5.52. The first kappa shape index (κ1) is 16.7. The van der Waals surface area contributed by atoms with Crippen molar-refractivity contribution in [1.29, 1.82) is 0 Å². The average molecular weight is 365 g/mol. The first-order chi connectivity index (χ1) is 13.7. The predicted octanol–water partition coefficient (Wildman–Crippen LogP) is 5.35. The minimum Gasteiger partial charge on any atom is -0.496 e. The monoisotopic (exact) mass is 365 g/mol. The van der Waals surface area contributed by atoms with E-state index in [-0.39, 0.29) is 0 Å². The zero-order valence-electron chi connectivity index (χ0n) is 16.2. The fourth-order valence-corrected chi connectivity index (χ4v) is 4.05. The molecule has 1 heterocycles. The van der Waals surface area contributed by atoms with Crippen LogP contribution in [0.5, 0.6) is 5.75 Å². The van der Waals surface area contributed by atoms with E-state index in [1.54, 1.807) is 7.11 Å². The molecule has 0 aliphatic carbocycles. The minimum absolute atomic E-state index is 0.872. The lowest BCUT2D eigenvalue weighted by Gasteiger charge is -2.12. The van der Waals surface area contributed by atoms with Gasteiger partial charge >= 0.3 is 5.82 Å². The SMILES string of the molecule is COc1cc(-c2nc3cc4ccccc4cc3c[n+]2C)c(C)c2ccccc12. The van der Waals surface area contributed by atoms with Gasteiger partial charge in [0.15, 0.2) is 5.52 Å². The Morgan fingerprint density at radius 1 is 0.821 bits per heavy atom. The van der Waals surface area contributed by atoms with Crippen LogP contribution in [0.3, 0.4) is 0 Å². The van der Waals surface area contributed by atoms with Gasteiger partial charge in [-0.3, -0.25) is 0 Å². The molecule has 0 bridgehead atoms.